The highest BCUT2D eigenvalue weighted by Gasteiger charge is 2.19. The Balaban J connectivity index is 2.20. The Bertz CT molecular complexity index is 1220. The maximum Gasteiger partial charge on any atom is 0.278 e. The summed E-state index contributed by atoms with van der Waals surface area (Å²) in [6, 6.07) is 9.26. The van der Waals surface area contributed by atoms with Crippen LogP contribution in [0.4, 0.5) is 0 Å². The van der Waals surface area contributed by atoms with Gasteiger partial charge in [-0.05, 0) is 23.1 Å². The maximum atomic E-state index is 12.9. The van der Waals surface area contributed by atoms with E-state index in [2.05, 4.69) is 14.8 Å². The van der Waals surface area contributed by atoms with Gasteiger partial charge in [0.25, 0.3) is 5.56 Å². The van der Waals surface area contributed by atoms with E-state index in [1.165, 1.54) is 10.7 Å². The van der Waals surface area contributed by atoms with Gasteiger partial charge < -0.3 is 4.98 Å². The molecule has 2 heterocycles. The van der Waals surface area contributed by atoms with Gasteiger partial charge in [0, 0.05) is 12.1 Å². The van der Waals surface area contributed by atoms with Crippen LogP contribution in [-0.4, -0.2) is 29.3 Å². The van der Waals surface area contributed by atoms with Gasteiger partial charge in [-0.3, -0.25) is 4.79 Å². The maximum absolute atomic E-state index is 12.9. The van der Waals surface area contributed by atoms with Crippen LogP contribution in [0.15, 0.2) is 35.3 Å². The van der Waals surface area contributed by atoms with Crippen molar-refractivity contribution >= 4 is 15.7 Å². The fourth-order valence-electron chi connectivity index (χ4n) is 2.93. The topological polar surface area (TPSA) is 120 Å². The molecule has 0 aliphatic heterocycles. The fourth-order valence-corrected chi connectivity index (χ4v) is 3.35. The van der Waals surface area contributed by atoms with Crippen LogP contribution in [-0.2, 0) is 16.6 Å². The van der Waals surface area contributed by atoms with E-state index >= 15 is 0 Å². The number of hydrogen-bond acceptors (Lipinski definition) is 5. The molecule has 9 heteroatoms. The lowest BCUT2D eigenvalue weighted by atomic mass is 9.97. The van der Waals surface area contributed by atoms with Crippen LogP contribution in [0.2, 0.25) is 0 Å². The molecule has 0 saturated heterocycles. The summed E-state index contributed by atoms with van der Waals surface area (Å²) in [5, 5.41) is 13.3. The van der Waals surface area contributed by atoms with E-state index in [1.807, 2.05) is 32.0 Å². The highest BCUT2D eigenvalue weighted by molar-refractivity contribution is 7.88. The minimum Gasteiger partial charge on any atom is -0.338 e. The van der Waals surface area contributed by atoms with E-state index in [-0.39, 0.29) is 23.6 Å². The quantitative estimate of drug-likeness (QED) is 0.693. The Morgan fingerprint density at radius 1 is 1.37 bits per heavy atom. The van der Waals surface area contributed by atoms with Crippen LogP contribution in [0.3, 0.4) is 0 Å². The van der Waals surface area contributed by atoms with E-state index in [1.54, 1.807) is 12.1 Å². The molecule has 0 radical (unpaired) electrons. The van der Waals surface area contributed by atoms with Crippen molar-refractivity contribution in [2.75, 3.05) is 6.26 Å². The van der Waals surface area contributed by atoms with Crippen LogP contribution in [0.5, 0.6) is 0 Å². The number of nitriles is 1. The summed E-state index contributed by atoms with van der Waals surface area (Å²) in [4.78, 5) is 16.1. The van der Waals surface area contributed by atoms with Crippen molar-refractivity contribution in [1.82, 2.24) is 19.3 Å². The lowest BCUT2D eigenvalue weighted by Crippen LogP contribution is -2.23. The van der Waals surface area contributed by atoms with Crippen molar-refractivity contribution in [1.29, 1.82) is 5.26 Å². The van der Waals surface area contributed by atoms with E-state index in [9.17, 15) is 18.5 Å². The second-order valence-corrected chi connectivity index (χ2v) is 8.43. The van der Waals surface area contributed by atoms with Crippen LogP contribution in [0.1, 0.15) is 36.5 Å². The molecule has 0 fully saturated rings. The number of aromatic amines is 1. The second kappa shape index (κ2) is 6.98. The summed E-state index contributed by atoms with van der Waals surface area (Å²) < 4.78 is 26.3. The molecule has 3 aromatic rings. The smallest absolute Gasteiger partial charge is 0.278 e. The van der Waals surface area contributed by atoms with Gasteiger partial charge in [0.15, 0.2) is 5.65 Å². The Labute approximate surface area is 156 Å². The molecule has 1 aromatic carbocycles. The minimum absolute atomic E-state index is 0.0827. The molecule has 140 valence electrons. The molecular formula is C18H19N5O3S. The third-order valence-electron chi connectivity index (χ3n) is 4.16. The minimum atomic E-state index is -3.31. The van der Waals surface area contributed by atoms with Crippen LogP contribution >= 0.6 is 0 Å². The van der Waals surface area contributed by atoms with E-state index < -0.39 is 10.0 Å². The Morgan fingerprint density at radius 2 is 2.11 bits per heavy atom. The Morgan fingerprint density at radius 3 is 2.74 bits per heavy atom. The van der Waals surface area contributed by atoms with Crippen molar-refractivity contribution in [3.05, 3.63) is 57.5 Å². The number of benzene rings is 1. The monoisotopic (exact) mass is 385 g/mol. The van der Waals surface area contributed by atoms with Crippen LogP contribution in [0.25, 0.3) is 16.9 Å². The lowest BCUT2D eigenvalue weighted by molar-refractivity contribution is 0.587. The van der Waals surface area contributed by atoms with Gasteiger partial charge in [-0.25, -0.2) is 13.1 Å². The van der Waals surface area contributed by atoms with E-state index in [0.717, 1.165) is 17.4 Å². The third kappa shape index (κ3) is 3.77. The fraction of sp³-hybridized carbons (Fsp3) is 0.278. The first-order chi connectivity index (χ1) is 12.7. The van der Waals surface area contributed by atoms with Crippen molar-refractivity contribution in [2.24, 2.45) is 0 Å². The van der Waals surface area contributed by atoms with Gasteiger partial charge in [0.05, 0.1) is 18.1 Å². The lowest BCUT2D eigenvalue weighted by Gasteiger charge is -2.14. The molecule has 2 N–H and O–H groups in total. The number of fused-ring (bicyclic) bond motifs is 1. The first kappa shape index (κ1) is 18.8. The molecule has 0 saturated carbocycles. The van der Waals surface area contributed by atoms with E-state index in [4.69, 9.17) is 0 Å². The standard InChI is InChI=1S/C18H19N5O3S/c1-11(2)15-16(22-17-14(8-19)10-20-23(17)18(15)24)13-6-4-5-12(7-13)9-21-27(3,25)26/h4-7,10-11,21-22H,9H2,1-3H3. The van der Waals surface area contributed by atoms with Crippen LogP contribution < -0.4 is 10.3 Å². The van der Waals surface area contributed by atoms with Gasteiger partial charge in [0.2, 0.25) is 10.0 Å². The molecule has 0 aliphatic rings. The third-order valence-corrected chi connectivity index (χ3v) is 4.83. The molecule has 0 unspecified atom stereocenters. The predicted octanol–water partition coefficient (Wildman–Crippen LogP) is 1.73. The molecule has 0 atom stereocenters. The number of aromatic nitrogens is 3. The molecule has 3 rings (SSSR count). The molecule has 0 bridgehead atoms. The molecule has 0 spiro atoms. The summed E-state index contributed by atoms with van der Waals surface area (Å²) in [6.45, 7) is 3.96. The number of hydrogen-bond donors (Lipinski definition) is 2. The molecule has 27 heavy (non-hydrogen) atoms. The SMILES string of the molecule is CC(C)c1c(-c2cccc(CNS(C)(=O)=O)c2)[nH]c2c(C#N)cnn2c1=O. The Hall–Kier alpha value is -2.96. The number of nitrogens with zero attached hydrogens (tertiary/aromatic N) is 3. The second-order valence-electron chi connectivity index (χ2n) is 6.60. The normalized spacial score (nSPS) is 11.8. The van der Waals surface area contributed by atoms with Crippen molar-refractivity contribution in [2.45, 2.75) is 26.3 Å². The number of rotatable bonds is 5. The van der Waals surface area contributed by atoms with Gasteiger partial charge in [-0.2, -0.15) is 14.9 Å². The summed E-state index contributed by atoms with van der Waals surface area (Å²) in [5.74, 6) is -0.0827. The first-order valence-electron chi connectivity index (χ1n) is 8.29. The number of nitrogens with one attached hydrogen (secondary N) is 2. The first-order valence-corrected chi connectivity index (χ1v) is 10.2. The number of sulfonamides is 1. The molecule has 0 amide bonds. The number of H-pyrrole nitrogens is 1. The summed E-state index contributed by atoms with van der Waals surface area (Å²) >= 11 is 0. The van der Waals surface area contributed by atoms with Crippen LogP contribution in [0, 0.1) is 11.3 Å². The van der Waals surface area contributed by atoms with Crippen molar-refractivity contribution in [3.8, 4) is 17.3 Å². The van der Waals surface area contributed by atoms with Gasteiger partial charge in [0.1, 0.15) is 11.6 Å². The molecular weight excluding hydrogens is 366 g/mol. The Kier molecular flexibility index (Phi) is 4.87. The summed E-state index contributed by atoms with van der Waals surface area (Å²) in [6.07, 6.45) is 2.45. The highest BCUT2D eigenvalue weighted by Crippen LogP contribution is 2.26. The largest absolute Gasteiger partial charge is 0.338 e. The molecule has 0 aliphatic carbocycles. The van der Waals surface area contributed by atoms with Crippen molar-refractivity contribution < 1.29 is 8.42 Å². The average molecular weight is 385 g/mol. The van der Waals surface area contributed by atoms with Gasteiger partial charge in [-0.1, -0.05) is 32.0 Å². The average Bonchev–Trinajstić information content (AvgIpc) is 3.02. The zero-order chi connectivity index (χ0) is 19.8. The highest BCUT2D eigenvalue weighted by atomic mass is 32.2. The van der Waals surface area contributed by atoms with Gasteiger partial charge >= 0.3 is 0 Å². The van der Waals surface area contributed by atoms with E-state index in [0.29, 0.717) is 16.9 Å². The predicted molar refractivity (Wildman–Crippen MR) is 102 cm³/mol. The summed E-state index contributed by atoms with van der Waals surface area (Å²) in [5.41, 5.74) is 2.96. The van der Waals surface area contributed by atoms with Gasteiger partial charge in [-0.15, -0.1) is 0 Å². The zero-order valence-electron chi connectivity index (χ0n) is 15.1. The molecule has 8 nitrogen and oxygen atoms in total. The summed E-state index contributed by atoms with van der Waals surface area (Å²) in [7, 11) is -3.31. The zero-order valence-corrected chi connectivity index (χ0v) is 16.0. The van der Waals surface area contributed by atoms with Crippen molar-refractivity contribution in [3.63, 3.8) is 0 Å². The molecule has 2 aromatic heterocycles.